The summed E-state index contributed by atoms with van der Waals surface area (Å²) in [6, 6.07) is 5.08. The fourth-order valence-electron chi connectivity index (χ4n) is 2.29. The number of rotatable bonds is 3. The highest BCUT2D eigenvalue weighted by molar-refractivity contribution is 7.89. The summed E-state index contributed by atoms with van der Waals surface area (Å²) in [5, 5.41) is 3.18. The number of nitrogens with one attached hydrogen (secondary N) is 1. The molecule has 1 aromatic carbocycles. The standard InChI is InChI=1S/C11H14N4O2S2.ClH/c1-15(8-5-6-12-7-8)19(16,17)10-4-2-3-9-11(10)14-18-13-9;/h2-4,8,12H,5-7H2,1H3;1H. The molecule has 3 rings (SSSR count). The molecule has 20 heavy (non-hydrogen) atoms. The number of nitrogens with zero attached hydrogens (tertiary/aromatic N) is 3. The van der Waals surface area contributed by atoms with Crippen LogP contribution in [0.4, 0.5) is 0 Å². The molecule has 9 heteroatoms. The first-order chi connectivity index (χ1) is 9.10. The van der Waals surface area contributed by atoms with E-state index in [2.05, 4.69) is 14.1 Å². The first-order valence-electron chi connectivity index (χ1n) is 6.01. The number of benzene rings is 1. The third-order valence-electron chi connectivity index (χ3n) is 3.45. The highest BCUT2D eigenvalue weighted by Gasteiger charge is 2.31. The Balaban J connectivity index is 0.00000147. The second-order valence-electron chi connectivity index (χ2n) is 4.56. The van der Waals surface area contributed by atoms with Crippen LogP contribution in [0.3, 0.4) is 0 Å². The summed E-state index contributed by atoms with van der Waals surface area (Å²) in [5.41, 5.74) is 1.09. The molecule has 1 unspecified atom stereocenters. The third kappa shape index (κ3) is 2.53. The smallest absolute Gasteiger partial charge is 0.245 e. The average molecular weight is 335 g/mol. The lowest BCUT2D eigenvalue weighted by atomic mass is 10.3. The zero-order valence-corrected chi connectivity index (χ0v) is 13.3. The SMILES string of the molecule is CN(C1CCNC1)S(=O)(=O)c1cccc2nsnc12.Cl. The van der Waals surface area contributed by atoms with E-state index in [4.69, 9.17) is 0 Å². The van der Waals surface area contributed by atoms with Gasteiger partial charge in [0, 0.05) is 19.6 Å². The van der Waals surface area contributed by atoms with Crippen molar-refractivity contribution in [2.24, 2.45) is 0 Å². The maximum Gasteiger partial charge on any atom is 0.245 e. The summed E-state index contributed by atoms with van der Waals surface area (Å²) >= 11 is 1.03. The zero-order valence-electron chi connectivity index (χ0n) is 10.8. The van der Waals surface area contributed by atoms with E-state index in [-0.39, 0.29) is 23.3 Å². The van der Waals surface area contributed by atoms with Crippen LogP contribution < -0.4 is 5.32 Å². The number of hydrogen-bond donors (Lipinski definition) is 1. The summed E-state index contributed by atoms with van der Waals surface area (Å²) < 4.78 is 35.0. The normalized spacial score (nSPS) is 19.4. The van der Waals surface area contributed by atoms with Crippen molar-refractivity contribution in [1.29, 1.82) is 0 Å². The van der Waals surface area contributed by atoms with Crippen molar-refractivity contribution in [3.63, 3.8) is 0 Å². The highest BCUT2D eigenvalue weighted by atomic mass is 35.5. The average Bonchev–Trinajstić information content (AvgIpc) is 3.07. The lowest BCUT2D eigenvalue weighted by molar-refractivity contribution is 0.388. The van der Waals surface area contributed by atoms with Crippen LogP contribution in [0, 0.1) is 0 Å². The van der Waals surface area contributed by atoms with Crippen LogP contribution in [0.5, 0.6) is 0 Å². The number of halogens is 1. The molecule has 110 valence electrons. The molecule has 1 atom stereocenters. The molecule has 0 aliphatic carbocycles. The number of sulfonamides is 1. The van der Waals surface area contributed by atoms with E-state index in [1.54, 1.807) is 25.2 Å². The Hall–Kier alpha value is -0.800. The summed E-state index contributed by atoms with van der Waals surface area (Å²) in [6.07, 6.45) is 0.834. The largest absolute Gasteiger partial charge is 0.315 e. The minimum absolute atomic E-state index is 0. The Labute approximate surface area is 128 Å². The number of fused-ring (bicyclic) bond motifs is 1. The van der Waals surface area contributed by atoms with Gasteiger partial charge in [0.15, 0.2) is 0 Å². The molecular weight excluding hydrogens is 320 g/mol. The fourth-order valence-corrected chi connectivity index (χ4v) is 4.43. The van der Waals surface area contributed by atoms with Gasteiger partial charge in [-0.3, -0.25) is 0 Å². The topological polar surface area (TPSA) is 75.2 Å². The van der Waals surface area contributed by atoms with E-state index in [1.165, 1.54) is 4.31 Å². The Kier molecular flexibility index (Phi) is 4.60. The van der Waals surface area contributed by atoms with Crippen molar-refractivity contribution in [3.8, 4) is 0 Å². The van der Waals surface area contributed by atoms with E-state index < -0.39 is 10.0 Å². The minimum Gasteiger partial charge on any atom is -0.315 e. The third-order valence-corrected chi connectivity index (χ3v) is 5.94. The molecular formula is C11H15ClN4O2S2. The first-order valence-corrected chi connectivity index (χ1v) is 8.18. The van der Waals surface area contributed by atoms with E-state index >= 15 is 0 Å². The van der Waals surface area contributed by atoms with Crippen molar-refractivity contribution in [3.05, 3.63) is 18.2 Å². The molecule has 1 aromatic heterocycles. The molecule has 0 radical (unpaired) electrons. The second kappa shape index (κ2) is 5.90. The van der Waals surface area contributed by atoms with Crippen molar-refractivity contribution in [2.75, 3.05) is 20.1 Å². The second-order valence-corrected chi connectivity index (χ2v) is 7.05. The van der Waals surface area contributed by atoms with E-state index in [0.29, 0.717) is 17.6 Å². The maximum absolute atomic E-state index is 12.7. The van der Waals surface area contributed by atoms with Gasteiger partial charge in [0.25, 0.3) is 0 Å². The molecule has 0 saturated carbocycles. The summed E-state index contributed by atoms with van der Waals surface area (Å²) in [4.78, 5) is 0.244. The van der Waals surface area contributed by atoms with Gasteiger partial charge in [-0.2, -0.15) is 13.1 Å². The van der Waals surface area contributed by atoms with Gasteiger partial charge in [-0.25, -0.2) is 8.42 Å². The van der Waals surface area contributed by atoms with Crippen LogP contribution in [0.25, 0.3) is 11.0 Å². The fraction of sp³-hybridized carbons (Fsp3) is 0.455. The monoisotopic (exact) mass is 334 g/mol. The summed E-state index contributed by atoms with van der Waals surface area (Å²) in [6.45, 7) is 1.55. The van der Waals surface area contributed by atoms with Crippen molar-refractivity contribution in [1.82, 2.24) is 18.4 Å². The molecule has 1 aliphatic rings. The summed E-state index contributed by atoms with van der Waals surface area (Å²) in [7, 11) is -1.89. The minimum atomic E-state index is -3.52. The van der Waals surface area contributed by atoms with Gasteiger partial charge in [-0.05, 0) is 25.1 Å². The van der Waals surface area contributed by atoms with E-state index in [9.17, 15) is 8.42 Å². The predicted molar refractivity (Wildman–Crippen MR) is 80.9 cm³/mol. The molecule has 0 bridgehead atoms. The zero-order chi connectivity index (χ0) is 13.5. The molecule has 1 fully saturated rings. The molecule has 2 heterocycles. The van der Waals surface area contributed by atoms with Gasteiger partial charge in [0.1, 0.15) is 15.9 Å². The Morgan fingerprint density at radius 2 is 2.20 bits per heavy atom. The van der Waals surface area contributed by atoms with Crippen LogP contribution in [0.1, 0.15) is 6.42 Å². The number of aromatic nitrogens is 2. The highest BCUT2D eigenvalue weighted by Crippen LogP contribution is 2.25. The lowest BCUT2D eigenvalue weighted by Crippen LogP contribution is -2.38. The predicted octanol–water partition coefficient (Wildman–Crippen LogP) is 1.10. The van der Waals surface area contributed by atoms with Gasteiger partial charge in [-0.1, -0.05) is 6.07 Å². The number of hydrogen-bond acceptors (Lipinski definition) is 6. The van der Waals surface area contributed by atoms with Crippen molar-refractivity contribution >= 4 is 45.2 Å². The van der Waals surface area contributed by atoms with Crippen molar-refractivity contribution in [2.45, 2.75) is 17.4 Å². The van der Waals surface area contributed by atoms with Crippen LogP contribution >= 0.6 is 24.1 Å². The maximum atomic E-state index is 12.7. The van der Waals surface area contributed by atoms with Crippen LogP contribution in [0.15, 0.2) is 23.1 Å². The van der Waals surface area contributed by atoms with Crippen LogP contribution in [0.2, 0.25) is 0 Å². The summed E-state index contributed by atoms with van der Waals surface area (Å²) in [5.74, 6) is 0. The molecule has 1 aliphatic heterocycles. The molecule has 2 aromatic rings. The van der Waals surface area contributed by atoms with Crippen molar-refractivity contribution < 1.29 is 8.42 Å². The number of likely N-dealkylation sites (N-methyl/N-ethyl adjacent to an activating group) is 1. The van der Waals surface area contributed by atoms with Gasteiger partial charge in [0.2, 0.25) is 10.0 Å². The first kappa shape index (κ1) is 15.6. The van der Waals surface area contributed by atoms with Gasteiger partial charge in [-0.15, -0.1) is 12.4 Å². The van der Waals surface area contributed by atoms with E-state index in [0.717, 1.165) is 24.7 Å². The van der Waals surface area contributed by atoms with Gasteiger partial charge in [0.05, 0.1) is 11.7 Å². The quantitative estimate of drug-likeness (QED) is 0.909. The molecule has 0 spiro atoms. The lowest BCUT2D eigenvalue weighted by Gasteiger charge is -2.23. The molecule has 1 saturated heterocycles. The van der Waals surface area contributed by atoms with Crippen LogP contribution in [-0.2, 0) is 10.0 Å². The van der Waals surface area contributed by atoms with Gasteiger partial charge < -0.3 is 5.32 Å². The van der Waals surface area contributed by atoms with Crippen LogP contribution in [-0.4, -0.2) is 47.6 Å². The van der Waals surface area contributed by atoms with E-state index in [1.807, 2.05) is 0 Å². The van der Waals surface area contributed by atoms with Gasteiger partial charge >= 0.3 is 0 Å². The Bertz CT molecular complexity index is 697. The molecule has 0 amide bonds. The molecule has 6 nitrogen and oxygen atoms in total. The Morgan fingerprint density at radius 1 is 1.40 bits per heavy atom. The Morgan fingerprint density at radius 3 is 2.90 bits per heavy atom. The molecule has 1 N–H and O–H groups in total.